The Morgan fingerprint density at radius 2 is 2.04 bits per heavy atom. The first-order chi connectivity index (χ1) is 13.4. The van der Waals surface area contributed by atoms with E-state index in [0.717, 1.165) is 30.7 Å². The van der Waals surface area contributed by atoms with Gasteiger partial charge in [-0.25, -0.2) is 0 Å². The second kappa shape index (κ2) is 7.33. The molecule has 8 nitrogen and oxygen atoms in total. The Labute approximate surface area is 163 Å². The Kier molecular flexibility index (Phi) is 4.87. The van der Waals surface area contributed by atoms with Crippen LogP contribution >= 0.6 is 0 Å². The molecule has 2 aliphatic heterocycles. The van der Waals surface area contributed by atoms with Gasteiger partial charge in [0, 0.05) is 43.7 Å². The topological polar surface area (TPSA) is 92.4 Å². The average molecular weight is 383 g/mol. The summed E-state index contributed by atoms with van der Waals surface area (Å²) in [5.41, 5.74) is 2.27. The van der Waals surface area contributed by atoms with Crippen LogP contribution in [0.2, 0.25) is 0 Å². The number of hydrogen-bond acceptors (Lipinski definition) is 6. The van der Waals surface area contributed by atoms with Gasteiger partial charge < -0.3 is 14.3 Å². The molecule has 2 amide bonds. The van der Waals surface area contributed by atoms with Gasteiger partial charge in [0.25, 0.3) is 5.91 Å². The fraction of sp³-hybridized carbons (Fsp3) is 0.550. The third-order valence-electron chi connectivity index (χ3n) is 5.72. The number of aryl methyl sites for hydroxylation is 2. The lowest BCUT2D eigenvalue weighted by Gasteiger charge is -2.48. The van der Waals surface area contributed by atoms with E-state index >= 15 is 0 Å². The number of nitrogens with zero attached hydrogens (tertiary/aromatic N) is 5. The lowest BCUT2D eigenvalue weighted by atomic mass is 9.73. The van der Waals surface area contributed by atoms with Crippen LogP contribution in [-0.2, 0) is 11.3 Å². The number of carbonyl (C=O) groups excluding carboxylic acids is 2. The van der Waals surface area contributed by atoms with Gasteiger partial charge in [-0.05, 0) is 33.1 Å². The van der Waals surface area contributed by atoms with Crippen LogP contribution in [-0.4, -0.2) is 56.4 Å². The molecule has 8 heteroatoms. The van der Waals surface area contributed by atoms with E-state index in [1.54, 1.807) is 25.4 Å². The van der Waals surface area contributed by atoms with Gasteiger partial charge in [0.2, 0.25) is 11.7 Å². The Balaban J connectivity index is 1.47. The van der Waals surface area contributed by atoms with Crippen molar-refractivity contribution in [2.75, 3.05) is 19.6 Å². The predicted octanol–water partition coefficient (Wildman–Crippen LogP) is 2.13. The number of hydrogen-bond donors (Lipinski definition) is 0. The molecule has 0 aromatic carbocycles. The first-order valence-corrected chi connectivity index (χ1v) is 9.72. The summed E-state index contributed by atoms with van der Waals surface area (Å²) in [5, 5.41) is 3.82. The van der Waals surface area contributed by atoms with E-state index in [0.29, 0.717) is 38.3 Å². The summed E-state index contributed by atoms with van der Waals surface area (Å²) in [6, 6.07) is 1.68. The SMILES string of the molecule is Cc1cnc(CN2CC3(CCCN(C(=O)c4cc(C)no4)C3)CCC2=O)cn1. The fourth-order valence-electron chi connectivity index (χ4n) is 4.28. The van der Waals surface area contributed by atoms with Crippen LogP contribution in [0.25, 0.3) is 0 Å². The first-order valence-electron chi connectivity index (χ1n) is 9.72. The molecule has 2 aromatic heterocycles. The average Bonchev–Trinajstić information content (AvgIpc) is 3.13. The summed E-state index contributed by atoms with van der Waals surface area (Å²) in [6.45, 7) is 6.13. The van der Waals surface area contributed by atoms with E-state index in [4.69, 9.17) is 4.52 Å². The monoisotopic (exact) mass is 383 g/mol. The zero-order valence-electron chi connectivity index (χ0n) is 16.3. The number of piperidine rings is 2. The number of likely N-dealkylation sites (tertiary alicyclic amines) is 2. The van der Waals surface area contributed by atoms with Crippen molar-refractivity contribution in [2.24, 2.45) is 5.41 Å². The van der Waals surface area contributed by atoms with E-state index in [2.05, 4.69) is 15.1 Å². The molecule has 0 aliphatic carbocycles. The summed E-state index contributed by atoms with van der Waals surface area (Å²) in [5.74, 6) is 0.308. The molecule has 2 aliphatic rings. The quantitative estimate of drug-likeness (QED) is 0.806. The Hall–Kier alpha value is -2.77. The molecular formula is C20H25N5O3. The largest absolute Gasteiger partial charge is 0.351 e. The first kappa shape index (κ1) is 18.6. The molecule has 0 N–H and O–H groups in total. The highest BCUT2D eigenvalue weighted by Gasteiger charge is 2.43. The molecule has 4 heterocycles. The van der Waals surface area contributed by atoms with Crippen molar-refractivity contribution in [3.63, 3.8) is 0 Å². The van der Waals surface area contributed by atoms with Crippen molar-refractivity contribution in [2.45, 2.75) is 46.1 Å². The maximum atomic E-state index is 12.8. The summed E-state index contributed by atoms with van der Waals surface area (Å²) in [7, 11) is 0. The summed E-state index contributed by atoms with van der Waals surface area (Å²) in [6.07, 6.45) is 6.69. The Bertz CT molecular complexity index is 878. The lowest BCUT2D eigenvalue weighted by molar-refractivity contribution is -0.139. The molecule has 1 atom stereocenters. The van der Waals surface area contributed by atoms with Crippen molar-refractivity contribution >= 4 is 11.8 Å². The van der Waals surface area contributed by atoms with Crippen LogP contribution < -0.4 is 0 Å². The third-order valence-corrected chi connectivity index (χ3v) is 5.72. The fourth-order valence-corrected chi connectivity index (χ4v) is 4.28. The van der Waals surface area contributed by atoms with Gasteiger partial charge in [-0.3, -0.25) is 19.6 Å². The minimum atomic E-state index is -0.118. The van der Waals surface area contributed by atoms with Crippen LogP contribution in [0.15, 0.2) is 23.0 Å². The van der Waals surface area contributed by atoms with Crippen molar-refractivity contribution in [1.29, 1.82) is 0 Å². The van der Waals surface area contributed by atoms with E-state index < -0.39 is 0 Å². The van der Waals surface area contributed by atoms with Gasteiger partial charge in [-0.1, -0.05) is 5.16 Å². The summed E-state index contributed by atoms with van der Waals surface area (Å²) >= 11 is 0. The van der Waals surface area contributed by atoms with Gasteiger partial charge in [-0.2, -0.15) is 0 Å². The molecule has 2 aromatic rings. The van der Waals surface area contributed by atoms with Crippen molar-refractivity contribution < 1.29 is 14.1 Å². The van der Waals surface area contributed by atoms with Gasteiger partial charge in [0.1, 0.15) is 0 Å². The highest BCUT2D eigenvalue weighted by Crippen LogP contribution is 2.39. The molecule has 0 radical (unpaired) electrons. The van der Waals surface area contributed by atoms with Crippen molar-refractivity contribution in [3.8, 4) is 0 Å². The maximum absolute atomic E-state index is 12.8. The predicted molar refractivity (Wildman–Crippen MR) is 100 cm³/mol. The normalized spacial score (nSPS) is 22.7. The zero-order valence-corrected chi connectivity index (χ0v) is 16.3. The van der Waals surface area contributed by atoms with Gasteiger partial charge >= 0.3 is 0 Å². The number of amides is 2. The third kappa shape index (κ3) is 3.76. The minimum Gasteiger partial charge on any atom is -0.351 e. The maximum Gasteiger partial charge on any atom is 0.292 e. The zero-order chi connectivity index (χ0) is 19.7. The standard InChI is InChI=1S/C20H25N5O3/c1-14-8-17(28-23-14)19(27)24-7-3-5-20(12-24)6-4-18(26)25(13-20)11-16-10-21-15(2)9-22-16/h8-10H,3-7,11-13H2,1-2H3. The van der Waals surface area contributed by atoms with E-state index in [-0.39, 0.29) is 23.0 Å². The van der Waals surface area contributed by atoms with Crippen molar-refractivity contribution in [3.05, 3.63) is 41.3 Å². The van der Waals surface area contributed by atoms with E-state index in [9.17, 15) is 9.59 Å². The van der Waals surface area contributed by atoms with Crippen LogP contribution in [0.1, 0.15) is 53.3 Å². The molecule has 0 bridgehead atoms. The van der Waals surface area contributed by atoms with Crippen LogP contribution in [0.4, 0.5) is 0 Å². The molecular weight excluding hydrogens is 358 g/mol. The molecule has 4 rings (SSSR count). The molecule has 2 fully saturated rings. The van der Waals surface area contributed by atoms with Gasteiger partial charge in [-0.15, -0.1) is 0 Å². The van der Waals surface area contributed by atoms with Crippen LogP contribution in [0.5, 0.6) is 0 Å². The second-order valence-electron chi connectivity index (χ2n) is 8.06. The number of rotatable bonds is 3. The molecule has 148 valence electrons. The Morgan fingerprint density at radius 1 is 1.18 bits per heavy atom. The summed E-state index contributed by atoms with van der Waals surface area (Å²) < 4.78 is 5.16. The Morgan fingerprint density at radius 3 is 2.75 bits per heavy atom. The van der Waals surface area contributed by atoms with E-state index in [1.165, 1.54) is 0 Å². The number of carbonyl (C=O) groups is 2. The highest BCUT2D eigenvalue weighted by molar-refractivity contribution is 5.91. The molecule has 28 heavy (non-hydrogen) atoms. The van der Waals surface area contributed by atoms with Gasteiger partial charge in [0.05, 0.1) is 29.8 Å². The minimum absolute atomic E-state index is 0.0744. The number of aromatic nitrogens is 3. The van der Waals surface area contributed by atoms with Crippen LogP contribution in [0, 0.1) is 19.3 Å². The van der Waals surface area contributed by atoms with E-state index in [1.807, 2.05) is 16.7 Å². The molecule has 2 saturated heterocycles. The van der Waals surface area contributed by atoms with Crippen molar-refractivity contribution in [1.82, 2.24) is 24.9 Å². The highest BCUT2D eigenvalue weighted by atomic mass is 16.5. The molecule has 1 unspecified atom stereocenters. The smallest absolute Gasteiger partial charge is 0.292 e. The summed E-state index contributed by atoms with van der Waals surface area (Å²) in [4.78, 5) is 37.7. The second-order valence-corrected chi connectivity index (χ2v) is 8.06. The molecule has 0 saturated carbocycles. The molecule has 1 spiro atoms. The lowest BCUT2D eigenvalue weighted by Crippen LogP contribution is -2.54. The van der Waals surface area contributed by atoms with Crippen LogP contribution in [0.3, 0.4) is 0 Å². The van der Waals surface area contributed by atoms with Gasteiger partial charge in [0.15, 0.2) is 0 Å².